The molecular weight excluding hydrogens is 228 g/mol. The van der Waals surface area contributed by atoms with Crippen LogP contribution in [-0.4, -0.2) is 42.3 Å². The normalized spacial score (nSPS) is 28.6. The number of hydrogen-bond acceptors (Lipinski definition) is 3. The number of nitrogens with one attached hydrogen (secondary N) is 1. The minimum atomic E-state index is -0.380. The zero-order valence-corrected chi connectivity index (χ0v) is 11.0. The van der Waals surface area contributed by atoms with E-state index < -0.39 is 0 Å². The number of carbonyl (C=O) groups excluding carboxylic acids is 1. The second kappa shape index (κ2) is 4.80. The number of halogens is 1. The van der Waals surface area contributed by atoms with E-state index in [1.807, 2.05) is 25.7 Å². The fraction of sp³-hybridized carbons (Fsp3) is 0.909. The van der Waals surface area contributed by atoms with Gasteiger partial charge >= 0.3 is 6.09 Å². The molecule has 2 fully saturated rings. The molecule has 2 saturated heterocycles. The van der Waals surface area contributed by atoms with E-state index in [4.69, 9.17) is 4.74 Å². The summed E-state index contributed by atoms with van der Waals surface area (Å²) in [6.45, 7) is 8.64. The third-order valence-corrected chi connectivity index (χ3v) is 3.03. The highest BCUT2D eigenvalue weighted by molar-refractivity contribution is 5.85. The SMILES string of the molecule is CC(C)(C)OC(=O)N1CC2CNCCC21.Cl. The van der Waals surface area contributed by atoms with Crippen LogP contribution < -0.4 is 5.32 Å². The van der Waals surface area contributed by atoms with E-state index in [2.05, 4.69) is 5.32 Å². The van der Waals surface area contributed by atoms with E-state index in [0.29, 0.717) is 12.0 Å². The predicted molar refractivity (Wildman–Crippen MR) is 65.0 cm³/mol. The molecule has 0 aromatic rings. The van der Waals surface area contributed by atoms with Crippen LogP contribution >= 0.6 is 12.4 Å². The van der Waals surface area contributed by atoms with Gasteiger partial charge in [0.2, 0.25) is 0 Å². The van der Waals surface area contributed by atoms with Crippen molar-refractivity contribution in [3.63, 3.8) is 0 Å². The van der Waals surface area contributed by atoms with Gasteiger partial charge in [0.05, 0.1) is 0 Å². The Morgan fingerprint density at radius 1 is 1.44 bits per heavy atom. The zero-order valence-electron chi connectivity index (χ0n) is 10.2. The van der Waals surface area contributed by atoms with E-state index in [0.717, 1.165) is 26.1 Å². The summed E-state index contributed by atoms with van der Waals surface area (Å²) in [5, 5.41) is 3.35. The van der Waals surface area contributed by atoms with Crippen LogP contribution in [0.25, 0.3) is 0 Å². The molecule has 2 aliphatic heterocycles. The van der Waals surface area contributed by atoms with Gasteiger partial charge in [-0.15, -0.1) is 12.4 Å². The van der Waals surface area contributed by atoms with Crippen LogP contribution in [0.1, 0.15) is 27.2 Å². The third-order valence-electron chi connectivity index (χ3n) is 3.03. The van der Waals surface area contributed by atoms with Crippen LogP contribution in [0.4, 0.5) is 4.79 Å². The average Bonchev–Trinajstić information content (AvgIpc) is 2.03. The van der Waals surface area contributed by atoms with Crippen molar-refractivity contribution in [2.24, 2.45) is 5.92 Å². The van der Waals surface area contributed by atoms with Crippen LogP contribution in [0.5, 0.6) is 0 Å². The number of piperidine rings is 1. The molecule has 0 aliphatic carbocycles. The van der Waals surface area contributed by atoms with Gasteiger partial charge in [-0.25, -0.2) is 4.79 Å². The highest BCUT2D eigenvalue weighted by Crippen LogP contribution is 2.30. The summed E-state index contributed by atoms with van der Waals surface area (Å²) >= 11 is 0. The Morgan fingerprint density at radius 2 is 2.12 bits per heavy atom. The first-order valence-corrected chi connectivity index (χ1v) is 5.68. The average molecular weight is 249 g/mol. The first kappa shape index (κ1) is 13.6. The Hall–Kier alpha value is -0.480. The quantitative estimate of drug-likeness (QED) is 0.709. The molecule has 5 heteroatoms. The Kier molecular flexibility index (Phi) is 4.07. The second-order valence-corrected chi connectivity index (χ2v) is 5.45. The van der Waals surface area contributed by atoms with Gasteiger partial charge in [0.15, 0.2) is 0 Å². The lowest BCUT2D eigenvalue weighted by atomic mass is 9.84. The van der Waals surface area contributed by atoms with Gasteiger partial charge in [0, 0.05) is 25.0 Å². The van der Waals surface area contributed by atoms with Crippen molar-refractivity contribution in [1.29, 1.82) is 0 Å². The molecule has 2 atom stereocenters. The summed E-state index contributed by atoms with van der Waals surface area (Å²) in [6.07, 6.45) is 0.912. The van der Waals surface area contributed by atoms with Crippen molar-refractivity contribution in [1.82, 2.24) is 10.2 Å². The molecule has 0 aromatic heterocycles. The summed E-state index contributed by atoms with van der Waals surface area (Å²) in [5.74, 6) is 0.645. The summed E-state index contributed by atoms with van der Waals surface area (Å²) in [6, 6.07) is 0.418. The molecular formula is C11H21ClN2O2. The number of fused-ring (bicyclic) bond motifs is 1. The van der Waals surface area contributed by atoms with Gasteiger partial charge in [-0.05, 0) is 33.7 Å². The molecule has 0 aromatic carbocycles. The highest BCUT2D eigenvalue weighted by atomic mass is 35.5. The van der Waals surface area contributed by atoms with Gasteiger partial charge in [0.1, 0.15) is 5.60 Å². The van der Waals surface area contributed by atoms with Crippen LogP contribution in [0, 0.1) is 5.92 Å². The van der Waals surface area contributed by atoms with Crippen molar-refractivity contribution in [2.45, 2.75) is 38.8 Å². The van der Waals surface area contributed by atoms with E-state index >= 15 is 0 Å². The minimum absolute atomic E-state index is 0. The van der Waals surface area contributed by atoms with Crippen molar-refractivity contribution >= 4 is 18.5 Å². The van der Waals surface area contributed by atoms with Crippen molar-refractivity contribution in [3.05, 3.63) is 0 Å². The Morgan fingerprint density at radius 3 is 2.69 bits per heavy atom. The molecule has 4 nitrogen and oxygen atoms in total. The maximum Gasteiger partial charge on any atom is 0.410 e. The molecule has 0 spiro atoms. The maximum absolute atomic E-state index is 11.8. The molecule has 0 saturated carbocycles. The number of nitrogens with zero attached hydrogens (tertiary/aromatic N) is 1. The van der Waals surface area contributed by atoms with Gasteiger partial charge in [0.25, 0.3) is 0 Å². The molecule has 1 amide bonds. The Bertz CT molecular complexity index is 265. The third kappa shape index (κ3) is 2.80. The smallest absolute Gasteiger partial charge is 0.410 e. The van der Waals surface area contributed by atoms with Gasteiger partial charge in [-0.3, -0.25) is 0 Å². The Labute approximate surface area is 103 Å². The van der Waals surface area contributed by atoms with Crippen LogP contribution in [0.15, 0.2) is 0 Å². The Balaban J connectivity index is 0.00000128. The number of amides is 1. The highest BCUT2D eigenvalue weighted by Gasteiger charge is 2.44. The molecule has 94 valence electrons. The number of rotatable bonds is 0. The number of carbonyl (C=O) groups is 1. The lowest BCUT2D eigenvalue weighted by Crippen LogP contribution is -2.64. The second-order valence-electron chi connectivity index (χ2n) is 5.45. The molecule has 2 heterocycles. The molecule has 16 heavy (non-hydrogen) atoms. The van der Waals surface area contributed by atoms with Gasteiger partial charge in [-0.2, -0.15) is 0 Å². The standard InChI is InChI=1S/C11H20N2O2.ClH/c1-11(2,3)15-10(14)13-7-8-6-12-5-4-9(8)13;/h8-9,12H,4-7H2,1-3H3;1H. The first-order valence-electron chi connectivity index (χ1n) is 5.68. The van der Waals surface area contributed by atoms with Gasteiger partial charge in [-0.1, -0.05) is 0 Å². The zero-order chi connectivity index (χ0) is 11.1. The molecule has 1 N–H and O–H groups in total. The monoisotopic (exact) mass is 248 g/mol. The molecule has 0 radical (unpaired) electrons. The van der Waals surface area contributed by atoms with E-state index in [-0.39, 0.29) is 24.1 Å². The maximum atomic E-state index is 11.8. The molecule has 0 bridgehead atoms. The lowest BCUT2D eigenvalue weighted by Gasteiger charge is -2.50. The fourth-order valence-corrected chi connectivity index (χ4v) is 2.29. The molecule has 2 aliphatic rings. The molecule has 2 unspecified atom stereocenters. The number of likely N-dealkylation sites (tertiary alicyclic amines) is 1. The van der Waals surface area contributed by atoms with Crippen LogP contribution in [-0.2, 0) is 4.74 Å². The number of ether oxygens (including phenoxy) is 1. The fourth-order valence-electron chi connectivity index (χ4n) is 2.29. The topological polar surface area (TPSA) is 41.6 Å². The van der Waals surface area contributed by atoms with Gasteiger partial charge < -0.3 is 15.0 Å². The van der Waals surface area contributed by atoms with Crippen molar-refractivity contribution in [2.75, 3.05) is 19.6 Å². The lowest BCUT2D eigenvalue weighted by molar-refractivity contribution is -0.0385. The van der Waals surface area contributed by atoms with E-state index in [1.54, 1.807) is 0 Å². The predicted octanol–water partition coefficient (Wildman–Crippen LogP) is 1.64. The van der Waals surface area contributed by atoms with Crippen molar-refractivity contribution < 1.29 is 9.53 Å². The summed E-state index contributed by atoms with van der Waals surface area (Å²) in [4.78, 5) is 13.7. The molecule has 2 rings (SSSR count). The largest absolute Gasteiger partial charge is 0.444 e. The summed E-state index contributed by atoms with van der Waals surface area (Å²) in [5.41, 5.74) is -0.380. The van der Waals surface area contributed by atoms with Crippen LogP contribution in [0.2, 0.25) is 0 Å². The summed E-state index contributed by atoms with van der Waals surface area (Å²) in [7, 11) is 0. The van der Waals surface area contributed by atoms with Crippen LogP contribution in [0.3, 0.4) is 0 Å². The number of hydrogen-bond donors (Lipinski definition) is 1. The van der Waals surface area contributed by atoms with Crippen molar-refractivity contribution in [3.8, 4) is 0 Å². The summed E-state index contributed by atoms with van der Waals surface area (Å²) < 4.78 is 5.36. The van der Waals surface area contributed by atoms with E-state index in [1.165, 1.54) is 0 Å². The minimum Gasteiger partial charge on any atom is -0.444 e. The van der Waals surface area contributed by atoms with E-state index in [9.17, 15) is 4.79 Å². The first-order chi connectivity index (χ1) is 6.97.